The van der Waals surface area contributed by atoms with Crippen molar-refractivity contribution in [2.45, 2.75) is 39.3 Å². The predicted octanol–water partition coefficient (Wildman–Crippen LogP) is 2.39. The lowest BCUT2D eigenvalue weighted by molar-refractivity contribution is -0.122. The van der Waals surface area contributed by atoms with Crippen LogP contribution in [0.1, 0.15) is 30.0 Å². The van der Waals surface area contributed by atoms with Crippen LogP contribution in [0, 0.1) is 0 Å². The van der Waals surface area contributed by atoms with Crippen molar-refractivity contribution in [1.29, 1.82) is 0 Å². The van der Waals surface area contributed by atoms with Crippen molar-refractivity contribution >= 4 is 28.4 Å². The number of benzene rings is 1. The van der Waals surface area contributed by atoms with Crippen LogP contribution < -0.4 is 16.0 Å². The third kappa shape index (κ3) is 6.03. The molecule has 0 radical (unpaired) electrons. The fourth-order valence-corrected chi connectivity index (χ4v) is 4.13. The van der Waals surface area contributed by atoms with Gasteiger partial charge in [-0.15, -0.1) is 11.3 Å². The molecule has 150 valence electrons. The van der Waals surface area contributed by atoms with Crippen molar-refractivity contribution in [3.05, 3.63) is 46.5 Å². The molecule has 0 aliphatic carbocycles. The lowest BCUT2D eigenvalue weighted by Gasteiger charge is -2.25. The van der Waals surface area contributed by atoms with Gasteiger partial charge in [0.05, 0.1) is 12.2 Å². The first-order chi connectivity index (χ1) is 13.5. The Hall–Kier alpha value is -2.45. The Morgan fingerprint density at radius 2 is 2.04 bits per heavy atom. The molecule has 0 bridgehead atoms. The van der Waals surface area contributed by atoms with Crippen LogP contribution >= 0.6 is 11.3 Å². The highest BCUT2D eigenvalue weighted by molar-refractivity contribution is 7.15. The maximum Gasteiger partial charge on any atom is 0.321 e. The quantitative estimate of drug-likeness (QED) is 0.665. The largest absolute Gasteiger partial charge is 0.355 e. The number of urea groups is 1. The Kier molecular flexibility index (Phi) is 7.00. The summed E-state index contributed by atoms with van der Waals surface area (Å²) in [6, 6.07) is 9.97. The second kappa shape index (κ2) is 9.66. The molecule has 3 amide bonds. The highest BCUT2D eigenvalue weighted by atomic mass is 32.1. The van der Waals surface area contributed by atoms with E-state index >= 15 is 0 Å². The van der Waals surface area contributed by atoms with Crippen molar-refractivity contribution in [2.75, 3.05) is 25.0 Å². The van der Waals surface area contributed by atoms with Crippen LogP contribution in [0.15, 0.2) is 30.3 Å². The average molecular weight is 402 g/mol. The van der Waals surface area contributed by atoms with Crippen LogP contribution in [0.2, 0.25) is 0 Å². The molecule has 3 N–H and O–H groups in total. The smallest absolute Gasteiger partial charge is 0.321 e. The zero-order chi connectivity index (χ0) is 19.9. The van der Waals surface area contributed by atoms with Crippen LogP contribution in [0.4, 0.5) is 9.93 Å². The van der Waals surface area contributed by atoms with Gasteiger partial charge in [-0.25, -0.2) is 9.78 Å². The van der Waals surface area contributed by atoms with E-state index in [0.29, 0.717) is 24.8 Å². The summed E-state index contributed by atoms with van der Waals surface area (Å²) in [5.41, 5.74) is 2.24. The maximum absolute atomic E-state index is 12.2. The number of nitrogens with zero attached hydrogens (tertiary/aromatic N) is 2. The minimum Gasteiger partial charge on any atom is -0.355 e. The number of anilines is 1. The Labute approximate surface area is 169 Å². The minimum atomic E-state index is -0.240. The number of rotatable bonds is 7. The molecule has 0 unspecified atom stereocenters. The molecule has 1 aromatic carbocycles. The van der Waals surface area contributed by atoms with E-state index in [1.165, 1.54) is 16.9 Å². The molecular formula is C20H27N5O2S. The number of carbonyl (C=O) groups is 2. The fraction of sp³-hybridized carbons (Fsp3) is 0.450. The topological polar surface area (TPSA) is 86.4 Å². The van der Waals surface area contributed by atoms with Crippen molar-refractivity contribution in [1.82, 2.24) is 20.5 Å². The average Bonchev–Trinajstić information content (AvgIpc) is 3.03. The Balaban J connectivity index is 1.44. The number of amides is 3. The standard InChI is InChI=1S/C20H27N5O2S/c1-14(2)22-19(27)24-20-23-16-9-11-25(12-17(16)28-20)13-18(26)21-10-8-15-6-4-3-5-7-15/h3-7,14H,8-13H2,1-2H3,(H,21,26)(H2,22,23,24,27). The highest BCUT2D eigenvalue weighted by Crippen LogP contribution is 2.28. The molecule has 2 heterocycles. The molecule has 8 heteroatoms. The van der Waals surface area contributed by atoms with Gasteiger partial charge in [-0.1, -0.05) is 30.3 Å². The van der Waals surface area contributed by atoms with Gasteiger partial charge < -0.3 is 10.6 Å². The lowest BCUT2D eigenvalue weighted by atomic mass is 10.1. The summed E-state index contributed by atoms with van der Waals surface area (Å²) in [6.07, 6.45) is 1.62. The van der Waals surface area contributed by atoms with Gasteiger partial charge in [0.25, 0.3) is 0 Å². The maximum atomic E-state index is 12.2. The van der Waals surface area contributed by atoms with E-state index in [1.807, 2.05) is 32.0 Å². The monoisotopic (exact) mass is 401 g/mol. The predicted molar refractivity (Wildman–Crippen MR) is 112 cm³/mol. The van der Waals surface area contributed by atoms with Gasteiger partial charge in [0.2, 0.25) is 5.91 Å². The SMILES string of the molecule is CC(C)NC(=O)Nc1nc2c(s1)CN(CC(=O)NCCc1ccccc1)CC2. The summed E-state index contributed by atoms with van der Waals surface area (Å²) >= 11 is 1.48. The lowest BCUT2D eigenvalue weighted by Crippen LogP contribution is -2.40. The molecule has 0 fully saturated rings. The first-order valence-corrected chi connectivity index (χ1v) is 10.4. The van der Waals surface area contributed by atoms with Gasteiger partial charge in [-0.2, -0.15) is 0 Å². The second-order valence-corrected chi connectivity index (χ2v) is 8.27. The van der Waals surface area contributed by atoms with Gasteiger partial charge in [-0.3, -0.25) is 15.0 Å². The summed E-state index contributed by atoms with van der Waals surface area (Å²) in [5.74, 6) is 0.0403. The summed E-state index contributed by atoms with van der Waals surface area (Å²) in [7, 11) is 0. The van der Waals surface area contributed by atoms with Crippen LogP contribution in [-0.2, 0) is 24.2 Å². The van der Waals surface area contributed by atoms with E-state index in [4.69, 9.17) is 0 Å². The summed E-state index contributed by atoms with van der Waals surface area (Å²) < 4.78 is 0. The molecule has 2 aromatic rings. The van der Waals surface area contributed by atoms with Crippen LogP contribution in [-0.4, -0.2) is 47.5 Å². The van der Waals surface area contributed by atoms with E-state index in [1.54, 1.807) is 0 Å². The molecule has 28 heavy (non-hydrogen) atoms. The first-order valence-electron chi connectivity index (χ1n) is 9.58. The number of hydrogen-bond acceptors (Lipinski definition) is 5. The van der Waals surface area contributed by atoms with Crippen molar-refractivity contribution in [3.63, 3.8) is 0 Å². The van der Waals surface area contributed by atoms with Gasteiger partial charge in [0.15, 0.2) is 5.13 Å². The van der Waals surface area contributed by atoms with Gasteiger partial charge in [-0.05, 0) is 25.8 Å². The molecule has 0 saturated heterocycles. The zero-order valence-electron chi connectivity index (χ0n) is 16.3. The molecule has 7 nitrogen and oxygen atoms in total. The minimum absolute atomic E-state index is 0.0403. The number of hydrogen-bond donors (Lipinski definition) is 3. The number of aromatic nitrogens is 1. The van der Waals surface area contributed by atoms with Crippen LogP contribution in [0.3, 0.4) is 0 Å². The number of nitrogens with one attached hydrogen (secondary N) is 3. The van der Waals surface area contributed by atoms with Gasteiger partial charge >= 0.3 is 6.03 Å². The summed E-state index contributed by atoms with van der Waals surface area (Å²) in [6.45, 7) is 6.32. The first kappa shape index (κ1) is 20.3. The molecular weight excluding hydrogens is 374 g/mol. The third-order valence-corrected chi connectivity index (χ3v) is 5.39. The molecule has 1 aliphatic heterocycles. The molecule has 0 saturated carbocycles. The third-order valence-electron chi connectivity index (χ3n) is 4.40. The molecule has 1 aliphatic rings. The normalized spacial score (nSPS) is 13.8. The highest BCUT2D eigenvalue weighted by Gasteiger charge is 2.22. The van der Waals surface area contributed by atoms with Gasteiger partial charge in [0.1, 0.15) is 0 Å². The summed E-state index contributed by atoms with van der Waals surface area (Å²) in [5, 5.41) is 9.18. The van der Waals surface area contributed by atoms with Crippen molar-refractivity contribution in [3.8, 4) is 0 Å². The molecule has 1 aromatic heterocycles. The van der Waals surface area contributed by atoms with E-state index in [-0.39, 0.29) is 18.0 Å². The Bertz CT molecular complexity index is 806. The van der Waals surface area contributed by atoms with Crippen molar-refractivity contribution in [2.24, 2.45) is 0 Å². The van der Waals surface area contributed by atoms with E-state index in [0.717, 1.165) is 30.0 Å². The van der Waals surface area contributed by atoms with E-state index in [9.17, 15) is 9.59 Å². The van der Waals surface area contributed by atoms with E-state index in [2.05, 4.69) is 38.0 Å². The van der Waals surface area contributed by atoms with Crippen LogP contribution in [0.5, 0.6) is 0 Å². The number of carbonyl (C=O) groups excluding carboxylic acids is 2. The fourth-order valence-electron chi connectivity index (χ4n) is 3.08. The molecule has 0 spiro atoms. The second-order valence-electron chi connectivity index (χ2n) is 7.19. The molecule has 3 rings (SSSR count). The van der Waals surface area contributed by atoms with Crippen LogP contribution in [0.25, 0.3) is 0 Å². The van der Waals surface area contributed by atoms with Crippen molar-refractivity contribution < 1.29 is 9.59 Å². The van der Waals surface area contributed by atoms with Gasteiger partial charge in [0, 0.05) is 37.0 Å². The number of thiazole rings is 1. The zero-order valence-corrected chi connectivity index (χ0v) is 17.1. The number of fused-ring (bicyclic) bond motifs is 1. The molecule has 0 atom stereocenters. The summed E-state index contributed by atoms with van der Waals surface area (Å²) in [4.78, 5) is 31.8. The Morgan fingerprint density at radius 1 is 1.25 bits per heavy atom. The van der Waals surface area contributed by atoms with E-state index < -0.39 is 0 Å². The Morgan fingerprint density at radius 3 is 2.79 bits per heavy atom.